The highest BCUT2D eigenvalue weighted by Gasteiger charge is 2.31. The first-order chi connectivity index (χ1) is 9.99. The van der Waals surface area contributed by atoms with Gasteiger partial charge in [0.1, 0.15) is 0 Å². The van der Waals surface area contributed by atoms with Gasteiger partial charge in [-0.05, 0) is 43.4 Å². The van der Waals surface area contributed by atoms with Crippen LogP contribution in [0.3, 0.4) is 0 Å². The minimum absolute atomic E-state index is 0.308. The summed E-state index contributed by atoms with van der Waals surface area (Å²) in [6.07, 6.45) is 14.7. The topological polar surface area (TPSA) is 0 Å². The normalized spacial score (nSPS) is 29.4. The van der Waals surface area contributed by atoms with Crippen molar-refractivity contribution in [1.82, 2.24) is 0 Å². The van der Waals surface area contributed by atoms with Crippen LogP contribution in [0.2, 0.25) is 0 Å². The van der Waals surface area contributed by atoms with Crippen LogP contribution in [0.1, 0.15) is 73.1 Å². The van der Waals surface area contributed by atoms with Gasteiger partial charge in [0.2, 0.25) is 0 Å². The van der Waals surface area contributed by atoms with E-state index in [0.717, 1.165) is 6.42 Å². The minimum Gasteiger partial charge on any atom is -0.122 e. The number of hydrogen-bond donors (Lipinski definition) is 0. The van der Waals surface area contributed by atoms with Crippen LogP contribution in [0, 0.1) is 23.7 Å². The molecule has 0 bridgehead atoms. The Kier molecular flexibility index (Phi) is 8.71. The molecular weight excluding hydrogens is 276 g/mol. The molecule has 1 aliphatic carbocycles. The second kappa shape index (κ2) is 9.72. The fourth-order valence-corrected chi connectivity index (χ4v) is 3.99. The molecule has 0 aromatic rings. The molecule has 1 heteroatoms. The maximum Gasteiger partial charge on any atom is 0.0435 e. The summed E-state index contributed by atoms with van der Waals surface area (Å²) in [5.74, 6) is 2.59. The van der Waals surface area contributed by atoms with Crippen LogP contribution in [0.25, 0.3) is 0 Å². The summed E-state index contributed by atoms with van der Waals surface area (Å²) in [6.45, 7) is 11.5. The van der Waals surface area contributed by atoms with Crippen LogP contribution >= 0.6 is 11.6 Å². The maximum absolute atomic E-state index is 6.86. The zero-order valence-corrected chi connectivity index (χ0v) is 15.5. The lowest BCUT2D eigenvalue weighted by Gasteiger charge is -2.34. The van der Waals surface area contributed by atoms with Crippen LogP contribution in [0.15, 0.2) is 23.8 Å². The van der Waals surface area contributed by atoms with Crippen molar-refractivity contribution in [3.8, 4) is 0 Å². The summed E-state index contributed by atoms with van der Waals surface area (Å²) >= 11 is 6.86. The highest BCUT2D eigenvalue weighted by atomic mass is 35.5. The van der Waals surface area contributed by atoms with Gasteiger partial charge in [0.15, 0.2) is 0 Å². The summed E-state index contributed by atoms with van der Waals surface area (Å²) in [5.41, 5.74) is 1.52. The van der Waals surface area contributed by atoms with Crippen LogP contribution in [-0.2, 0) is 0 Å². The van der Waals surface area contributed by atoms with Crippen LogP contribution < -0.4 is 0 Å². The average Bonchev–Trinajstić information content (AvgIpc) is 2.46. The van der Waals surface area contributed by atoms with Gasteiger partial charge in [-0.1, -0.05) is 77.2 Å². The lowest BCUT2D eigenvalue weighted by atomic mass is 9.76. The minimum atomic E-state index is 0.308. The Balaban J connectivity index is 2.61. The van der Waals surface area contributed by atoms with E-state index in [1.165, 1.54) is 37.7 Å². The molecule has 1 rings (SSSR count). The fourth-order valence-electron chi connectivity index (χ4n) is 3.46. The van der Waals surface area contributed by atoms with E-state index < -0.39 is 0 Å². The zero-order chi connectivity index (χ0) is 15.8. The molecule has 122 valence electrons. The van der Waals surface area contributed by atoms with E-state index in [1.807, 2.05) is 0 Å². The van der Waals surface area contributed by atoms with E-state index in [-0.39, 0.29) is 0 Å². The zero-order valence-electron chi connectivity index (χ0n) is 14.7. The Morgan fingerprint density at radius 1 is 1.33 bits per heavy atom. The molecule has 0 nitrogen and oxygen atoms in total. The molecule has 0 spiro atoms. The third-order valence-electron chi connectivity index (χ3n) is 5.08. The monoisotopic (exact) mass is 310 g/mol. The van der Waals surface area contributed by atoms with Crippen molar-refractivity contribution in [3.63, 3.8) is 0 Å². The van der Waals surface area contributed by atoms with Crippen LogP contribution in [0.5, 0.6) is 0 Å². The lowest BCUT2D eigenvalue weighted by Crippen LogP contribution is -2.30. The van der Waals surface area contributed by atoms with E-state index in [9.17, 15) is 0 Å². The second-order valence-electron chi connectivity index (χ2n) is 7.17. The highest BCUT2D eigenvalue weighted by Crippen LogP contribution is 2.38. The molecule has 5 atom stereocenters. The Hall–Kier alpha value is -0.230. The molecule has 0 aromatic heterocycles. The van der Waals surface area contributed by atoms with Gasteiger partial charge in [0, 0.05) is 5.38 Å². The number of halogens is 1. The van der Waals surface area contributed by atoms with E-state index in [2.05, 4.69) is 52.8 Å². The highest BCUT2D eigenvalue weighted by molar-refractivity contribution is 6.21. The molecule has 0 fully saturated rings. The Bertz CT molecular complexity index is 342. The van der Waals surface area contributed by atoms with Crippen molar-refractivity contribution in [3.05, 3.63) is 23.8 Å². The van der Waals surface area contributed by atoms with Gasteiger partial charge in [0.25, 0.3) is 0 Å². The van der Waals surface area contributed by atoms with Gasteiger partial charge in [-0.15, -0.1) is 11.6 Å². The first kappa shape index (κ1) is 18.8. The predicted octanol–water partition coefficient (Wildman–Crippen LogP) is 6.99. The van der Waals surface area contributed by atoms with E-state index in [0.29, 0.717) is 29.0 Å². The molecule has 21 heavy (non-hydrogen) atoms. The molecule has 5 unspecified atom stereocenters. The molecule has 0 saturated carbocycles. The van der Waals surface area contributed by atoms with Gasteiger partial charge in [0.05, 0.1) is 0 Å². The molecule has 0 saturated heterocycles. The molecule has 0 aromatic carbocycles. The van der Waals surface area contributed by atoms with Gasteiger partial charge in [-0.3, -0.25) is 0 Å². The summed E-state index contributed by atoms with van der Waals surface area (Å²) in [6, 6.07) is 0. The van der Waals surface area contributed by atoms with Crippen molar-refractivity contribution < 1.29 is 0 Å². The van der Waals surface area contributed by atoms with E-state index in [4.69, 9.17) is 11.6 Å². The number of alkyl halides is 1. The standard InChI is InChI=1S/C20H35Cl/c1-6-8-10-17(5)19-12-9-11-18(20(19)21)14-16(4)13-15(3)7-2/h9,12-13,15,17-20H,6-8,10-11,14H2,1-5H3/b16-13+. The summed E-state index contributed by atoms with van der Waals surface area (Å²) < 4.78 is 0. The molecule has 0 heterocycles. The number of allylic oxidation sites excluding steroid dienone is 4. The Morgan fingerprint density at radius 2 is 2.05 bits per heavy atom. The third-order valence-corrected chi connectivity index (χ3v) is 5.73. The second-order valence-corrected chi connectivity index (χ2v) is 7.67. The number of hydrogen-bond acceptors (Lipinski definition) is 0. The summed E-state index contributed by atoms with van der Waals surface area (Å²) in [5, 5.41) is 0.308. The quantitative estimate of drug-likeness (QED) is 0.334. The van der Waals surface area contributed by atoms with E-state index in [1.54, 1.807) is 0 Å². The van der Waals surface area contributed by atoms with Crippen molar-refractivity contribution in [2.24, 2.45) is 23.7 Å². The van der Waals surface area contributed by atoms with Crippen molar-refractivity contribution in [2.75, 3.05) is 0 Å². The lowest BCUT2D eigenvalue weighted by molar-refractivity contribution is 0.306. The smallest absolute Gasteiger partial charge is 0.0435 e. The molecule has 0 amide bonds. The van der Waals surface area contributed by atoms with Crippen molar-refractivity contribution in [1.29, 1.82) is 0 Å². The first-order valence-corrected chi connectivity index (χ1v) is 9.41. The fraction of sp³-hybridized carbons (Fsp3) is 0.800. The molecule has 1 aliphatic rings. The van der Waals surface area contributed by atoms with E-state index >= 15 is 0 Å². The first-order valence-electron chi connectivity index (χ1n) is 8.97. The number of unbranched alkanes of at least 4 members (excludes halogenated alkanes) is 1. The molecule has 0 radical (unpaired) electrons. The molecule has 0 aliphatic heterocycles. The van der Waals surface area contributed by atoms with Gasteiger partial charge in [-0.25, -0.2) is 0 Å². The molecule has 0 N–H and O–H groups in total. The van der Waals surface area contributed by atoms with Crippen molar-refractivity contribution in [2.45, 2.75) is 78.5 Å². The van der Waals surface area contributed by atoms with Crippen LogP contribution in [0.4, 0.5) is 0 Å². The third kappa shape index (κ3) is 6.19. The van der Waals surface area contributed by atoms with Gasteiger partial charge >= 0.3 is 0 Å². The Labute approximate surface area is 138 Å². The number of rotatable bonds is 8. The largest absolute Gasteiger partial charge is 0.122 e. The van der Waals surface area contributed by atoms with Crippen LogP contribution in [-0.4, -0.2) is 5.38 Å². The maximum atomic E-state index is 6.86. The average molecular weight is 311 g/mol. The van der Waals surface area contributed by atoms with Crippen molar-refractivity contribution >= 4 is 11.6 Å². The summed E-state index contributed by atoms with van der Waals surface area (Å²) in [7, 11) is 0. The van der Waals surface area contributed by atoms with Gasteiger partial charge < -0.3 is 0 Å². The predicted molar refractivity (Wildman–Crippen MR) is 96.9 cm³/mol. The summed E-state index contributed by atoms with van der Waals surface area (Å²) in [4.78, 5) is 0. The SMILES string of the molecule is CCCCC(C)C1C=CCC(C/C(C)=C/C(C)CC)C1Cl. The molecular formula is C20H35Cl. The van der Waals surface area contributed by atoms with Gasteiger partial charge in [-0.2, -0.15) is 0 Å². The Morgan fingerprint density at radius 3 is 2.67 bits per heavy atom.